The maximum absolute atomic E-state index is 12.3. The van der Waals surface area contributed by atoms with E-state index in [0.717, 1.165) is 0 Å². The fourth-order valence-electron chi connectivity index (χ4n) is 0.535. The van der Waals surface area contributed by atoms with E-state index in [9.17, 15) is 13.2 Å². The number of benzene rings is 1. The van der Waals surface area contributed by atoms with Gasteiger partial charge in [-0.25, -0.2) is 13.2 Å². The van der Waals surface area contributed by atoms with Gasteiger partial charge in [-0.3, -0.25) is 0 Å². The van der Waals surface area contributed by atoms with Crippen molar-refractivity contribution >= 4 is 25.0 Å². The van der Waals surface area contributed by atoms with Crippen LogP contribution in [0.2, 0.25) is 0 Å². The van der Waals surface area contributed by atoms with Crippen LogP contribution in [0.1, 0.15) is 0 Å². The monoisotopic (exact) mass is 200 g/mol. The first-order valence-corrected chi connectivity index (χ1v) is 2.89. The van der Waals surface area contributed by atoms with Gasteiger partial charge < -0.3 is 0 Å². The number of hydrogen-bond acceptors (Lipinski definition) is 1. The second-order valence-corrected chi connectivity index (χ2v) is 2.17. The molecule has 1 aromatic carbocycles. The van der Waals surface area contributed by atoms with E-state index in [1.54, 1.807) is 0 Å². The molecule has 0 spiro atoms. The van der Waals surface area contributed by atoms with Crippen LogP contribution in [0, 0.1) is 17.5 Å². The Morgan fingerprint density at radius 2 is 1.36 bits per heavy atom. The molecule has 0 N–H and O–H groups in total. The van der Waals surface area contributed by atoms with Gasteiger partial charge in [-0.05, 0) is 0 Å². The summed E-state index contributed by atoms with van der Waals surface area (Å²) in [7, 11) is 0. The molecule has 62 valence electrons. The van der Waals surface area contributed by atoms with E-state index in [-0.39, 0.29) is 12.4 Å². The van der Waals surface area contributed by atoms with E-state index >= 15 is 0 Å². The van der Waals surface area contributed by atoms with Gasteiger partial charge in [-0.2, -0.15) is 0 Å². The molecule has 0 saturated carbocycles. The van der Waals surface area contributed by atoms with Crippen LogP contribution < -0.4 is 0 Å². The van der Waals surface area contributed by atoms with Crippen LogP contribution in [0.25, 0.3) is 0 Å². The standard InChI is InChI=1S/C6H3F3S.ClH/c7-3-1-4(8)6(10)5(9)2-3;/h1-2,10H;1H. The summed E-state index contributed by atoms with van der Waals surface area (Å²) in [5, 5.41) is 0. The van der Waals surface area contributed by atoms with Crippen molar-refractivity contribution in [1.29, 1.82) is 0 Å². The van der Waals surface area contributed by atoms with Crippen molar-refractivity contribution < 1.29 is 13.2 Å². The Morgan fingerprint density at radius 1 is 1.00 bits per heavy atom. The molecule has 1 aromatic rings. The average Bonchev–Trinajstić information content (AvgIpc) is 1.82. The van der Waals surface area contributed by atoms with Crippen LogP contribution in [0.4, 0.5) is 13.2 Å². The van der Waals surface area contributed by atoms with Gasteiger partial charge in [0.05, 0.1) is 4.90 Å². The van der Waals surface area contributed by atoms with Gasteiger partial charge >= 0.3 is 0 Å². The van der Waals surface area contributed by atoms with Crippen molar-refractivity contribution in [3.05, 3.63) is 29.6 Å². The lowest BCUT2D eigenvalue weighted by molar-refractivity contribution is 0.511. The lowest BCUT2D eigenvalue weighted by atomic mass is 10.3. The Balaban J connectivity index is 0.000001000. The zero-order chi connectivity index (χ0) is 7.72. The number of halogens is 4. The number of thiol groups is 1. The summed E-state index contributed by atoms with van der Waals surface area (Å²) in [6.45, 7) is 0. The minimum absolute atomic E-state index is 0. The fraction of sp³-hybridized carbons (Fsp3) is 0. The van der Waals surface area contributed by atoms with Crippen LogP contribution in [-0.4, -0.2) is 0 Å². The zero-order valence-electron chi connectivity index (χ0n) is 5.14. The summed E-state index contributed by atoms with van der Waals surface area (Å²) in [6, 6.07) is 1.15. The molecule has 0 bridgehead atoms. The molecule has 0 aliphatic rings. The van der Waals surface area contributed by atoms with Gasteiger partial charge in [0.15, 0.2) is 0 Å². The maximum Gasteiger partial charge on any atom is 0.142 e. The van der Waals surface area contributed by atoms with Crippen molar-refractivity contribution in [3.8, 4) is 0 Å². The van der Waals surface area contributed by atoms with Crippen molar-refractivity contribution in [2.45, 2.75) is 4.90 Å². The molecule has 0 amide bonds. The van der Waals surface area contributed by atoms with Gasteiger partial charge in [-0.1, -0.05) is 0 Å². The zero-order valence-corrected chi connectivity index (χ0v) is 6.85. The van der Waals surface area contributed by atoms with E-state index < -0.39 is 22.3 Å². The van der Waals surface area contributed by atoms with Gasteiger partial charge in [0.1, 0.15) is 17.5 Å². The molecular weight excluding hydrogens is 197 g/mol. The highest BCUT2D eigenvalue weighted by atomic mass is 35.5. The van der Waals surface area contributed by atoms with Crippen molar-refractivity contribution in [2.75, 3.05) is 0 Å². The quantitative estimate of drug-likeness (QED) is 0.612. The Kier molecular flexibility index (Phi) is 3.75. The highest BCUT2D eigenvalue weighted by Crippen LogP contribution is 2.17. The van der Waals surface area contributed by atoms with E-state index in [1.807, 2.05) is 0 Å². The van der Waals surface area contributed by atoms with Crippen LogP contribution in [-0.2, 0) is 0 Å². The van der Waals surface area contributed by atoms with Crippen molar-refractivity contribution in [2.24, 2.45) is 0 Å². The minimum atomic E-state index is -0.985. The lowest BCUT2D eigenvalue weighted by Crippen LogP contribution is -1.86. The topological polar surface area (TPSA) is 0 Å². The molecule has 0 unspecified atom stereocenters. The molecule has 0 radical (unpaired) electrons. The van der Waals surface area contributed by atoms with Gasteiger partial charge in [-0.15, -0.1) is 25.0 Å². The molecule has 0 aliphatic carbocycles. The number of hydrogen-bond donors (Lipinski definition) is 1. The molecule has 0 fully saturated rings. The Morgan fingerprint density at radius 3 is 1.73 bits per heavy atom. The predicted molar refractivity (Wildman–Crippen MR) is 40.8 cm³/mol. The fourth-order valence-corrected chi connectivity index (χ4v) is 0.664. The first kappa shape index (κ1) is 10.7. The normalized spacial score (nSPS) is 9.09. The number of rotatable bonds is 0. The van der Waals surface area contributed by atoms with Crippen LogP contribution >= 0.6 is 25.0 Å². The van der Waals surface area contributed by atoms with E-state index in [2.05, 4.69) is 12.6 Å². The summed E-state index contributed by atoms with van der Waals surface area (Å²) in [4.78, 5) is -0.457. The highest BCUT2D eigenvalue weighted by molar-refractivity contribution is 7.80. The molecule has 0 atom stereocenters. The smallest absolute Gasteiger partial charge is 0.142 e. The minimum Gasteiger partial charge on any atom is -0.207 e. The molecule has 5 heteroatoms. The first-order chi connectivity index (χ1) is 4.61. The average molecular weight is 201 g/mol. The summed E-state index contributed by atoms with van der Waals surface area (Å²) < 4.78 is 36.7. The Labute approximate surface area is 73.2 Å². The van der Waals surface area contributed by atoms with Crippen LogP contribution in [0.3, 0.4) is 0 Å². The molecule has 0 aliphatic heterocycles. The SMILES string of the molecule is Cl.Fc1cc(F)c(S)c(F)c1. The lowest BCUT2D eigenvalue weighted by Gasteiger charge is -1.95. The third kappa shape index (κ3) is 2.31. The molecule has 0 aromatic heterocycles. The third-order valence-corrected chi connectivity index (χ3v) is 1.41. The van der Waals surface area contributed by atoms with E-state index in [0.29, 0.717) is 12.1 Å². The second kappa shape index (κ2) is 3.88. The largest absolute Gasteiger partial charge is 0.207 e. The first-order valence-electron chi connectivity index (χ1n) is 2.45. The Bertz CT molecular complexity index is 241. The summed E-state index contributed by atoms with van der Waals surface area (Å²) in [5.41, 5.74) is 0. The molecule has 0 heterocycles. The third-order valence-electron chi connectivity index (χ3n) is 0.982. The molecule has 0 nitrogen and oxygen atoms in total. The summed E-state index contributed by atoms with van der Waals surface area (Å²) in [5.74, 6) is -2.91. The van der Waals surface area contributed by atoms with Gasteiger partial charge in [0.2, 0.25) is 0 Å². The predicted octanol–water partition coefficient (Wildman–Crippen LogP) is 2.81. The van der Waals surface area contributed by atoms with Crippen molar-refractivity contribution in [1.82, 2.24) is 0 Å². The molecule has 0 saturated heterocycles. The van der Waals surface area contributed by atoms with Crippen molar-refractivity contribution in [3.63, 3.8) is 0 Å². The molecule has 1 rings (SSSR count). The molecular formula is C6H4ClF3S. The van der Waals surface area contributed by atoms with Crippen LogP contribution in [0.5, 0.6) is 0 Å². The van der Waals surface area contributed by atoms with E-state index in [1.165, 1.54) is 0 Å². The van der Waals surface area contributed by atoms with E-state index in [4.69, 9.17) is 0 Å². The summed E-state index contributed by atoms with van der Waals surface area (Å²) in [6.07, 6.45) is 0. The van der Waals surface area contributed by atoms with Gasteiger partial charge in [0.25, 0.3) is 0 Å². The molecule has 11 heavy (non-hydrogen) atoms. The van der Waals surface area contributed by atoms with Gasteiger partial charge in [0, 0.05) is 12.1 Å². The maximum atomic E-state index is 12.3. The summed E-state index contributed by atoms with van der Waals surface area (Å²) >= 11 is 3.44. The second-order valence-electron chi connectivity index (χ2n) is 1.72. The Hall–Kier alpha value is -0.350. The highest BCUT2D eigenvalue weighted by Gasteiger charge is 2.06. The van der Waals surface area contributed by atoms with Crippen LogP contribution in [0.15, 0.2) is 17.0 Å².